The largest absolute Gasteiger partial charge is 0.350 e. The number of nitrogens with one attached hydrogen (secondary N) is 2. The fraction of sp³-hybridized carbons (Fsp3) is 0.500. The Bertz CT molecular complexity index is 538. The van der Waals surface area contributed by atoms with Crippen LogP contribution < -0.4 is 16.4 Å². The Hall–Kier alpha value is -1.24. The Morgan fingerprint density at radius 2 is 1.96 bits per heavy atom. The maximum Gasteiger partial charge on any atom is 0.251 e. The highest BCUT2D eigenvalue weighted by Gasteiger charge is 2.15. The summed E-state index contributed by atoms with van der Waals surface area (Å²) in [7, 11) is 0. The average Bonchev–Trinajstić information content (AvgIpc) is 2.45. The van der Waals surface area contributed by atoms with E-state index in [1.54, 1.807) is 23.9 Å². The van der Waals surface area contributed by atoms with E-state index in [0.29, 0.717) is 17.7 Å². The molecule has 0 saturated heterocycles. The first-order valence-electron chi connectivity index (χ1n) is 7.32. The van der Waals surface area contributed by atoms with Crippen molar-refractivity contribution >= 4 is 41.7 Å². The average molecular weight is 360 g/mol. The number of benzene rings is 1. The van der Waals surface area contributed by atoms with Gasteiger partial charge in [-0.25, -0.2) is 0 Å². The van der Waals surface area contributed by atoms with Gasteiger partial charge in [-0.15, -0.1) is 12.4 Å². The summed E-state index contributed by atoms with van der Waals surface area (Å²) < 4.78 is 0. The van der Waals surface area contributed by atoms with E-state index >= 15 is 0 Å². The van der Waals surface area contributed by atoms with Crippen LogP contribution in [0.1, 0.15) is 36.2 Å². The number of hydrogen-bond donors (Lipinski definition) is 3. The predicted molar refractivity (Wildman–Crippen MR) is 101 cm³/mol. The van der Waals surface area contributed by atoms with Gasteiger partial charge in [0.1, 0.15) is 0 Å². The van der Waals surface area contributed by atoms with Crippen LogP contribution >= 0.6 is 24.2 Å². The summed E-state index contributed by atoms with van der Waals surface area (Å²) in [5.41, 5.74) is 7.85. The molecule has 2 amide bonds. The molecule has 23 heavy (non-hydrogen) atoms. The van der Waals surface area contributed by atoms with Gasteiger partial charge in [0, 0.05) is 17.3 Å². The molecule has 0 aliphatic heterocycles. The predicted octanol–water partition coefficient (Wildman–Crippen LogP) is 2.57. The summed E-state index contributed by atoms with van der Waals surface area (Å²) in [6, 6.07) is 4.80. The van der Waals surface area contributed by atoms with Crippen LogP contribution in [0.25, 0.3) is 0 Å². The van der Waals surface area contributed by atoms with Crippen LogP contribution in [0, 0.1) is 6.92 Å². The lowest BCUT2D eigenvalue weighted by Gasteiger charge is -2.14. The molecule has 5 nitrogen and oxygen atoms in total. The number of thioether (sulfide) groups is 1. The molecule has 1 rings (SSSR count). The van der Waals surface area contributed by atoms with E-state index in [1.165, 1.54) is 0 Å². The molecule has 0 bridgehead atoms. The maximum absolute atomic E-state index is 12.1. The zero-order valence-electron chi connectivity index (χ0n) is 14.0. The topological polar surface area (TPSA) is 84.2 Å². The number of amides is 2. The molecule has 0 aliphatic rings. The monoisotopic (exact) mass is 359 g/mol. The van der Waals surface area contributed by atoms with Crippen molar-refractivity contribution in [3.05, 3.63) is 29.3 Å². The molecule has 0 unspecified atom stereocenters. The first-order valence-corrected chi connectivity index (χ1v) is 8.71. The molecule has 0 aliphatic carbocycles. The SMILES string of the molecule is CSCC[C@H](N)C(=O)Nc1ccc(C)c(C(=O)NC(C)C)c1.Cl. The van der Waals surface area contributed by atoms with Gasteiger partial charge in [-0.3, -0.25) is 9.59 Å². The maximum atomic E-state index is 12.1. The molecule has 0 saturated carbocycles. The molecular formula is C16H26ClN3O2S. The van der Waals surface area contributed by atoms with Gasteiger partial charge in [0.2, 0.25) is 5.91 Å². The zero-order chi connectivity index (χ0) is 16.7. The van der Waals surface area contributed by atoms with Crippen LogP contribution in [0.3, 0.4) is 0 Å². The fourth-order valence-corrected chi connectivity index (χ4v) is 2.38. The minimum atomic E-state index is -0.540. The van der Waals surface area contributed by atoms with Crippen molar-refractivity contribution in [3.8, 4) is 0 Å². The fourth-order valence-electron chi connectivity index (χ4n) is 1.90. The summed E-state index contributed by atoms with van der Waals surface area (Å²) in [6.45, 7) is 5.68. The lowest BCUT2D eigenvalue weighted by Crippen LogP contribution is -2.36. The lowest BCUT2D eigenvalue weighted by atomic mass is 10.1. The van der Waals surface area contributed by atoms with Crippen LogP contribution in [-0.2, 0) is 4.79 Å². The molecule has 4 N–H and O–H groups in total. The van der Waals surface area contributed by atoms with Crippen molar-refractivity contribution in [2.45, 2.75) is 39.3 Å². The molecule has 0 fully saturated rings. The van der Waals surface area contributed by atoms with Gasteiger partial charge in [-0.1, -0.05) is 6.07 Å². The molecule has 1 aromatic rings. The van der Waals surface area contributed by atoms with Gasteiger partial charge in [0.05, 0.1) is 6.04 Å². The zero-order valence-corrected chi connectivity index (χ0v) is 15.6. The lowest BCUT2D eigenvalue weighted by molar-refractivity contribution is -0.117. The van der Waals surface area contributed by atoms with E-state index in [0.717, 1.165) is 11.3 Å². The van der Waals surface area contributed by atoms with E-state index < -0.39 is 6.04 Å². The Morgan fingerprint density at radius 1 is 1.30 bits per heavy atom. The van der Waals surface area contributed by atoms with Gasteiger partial charge in [0.25, 0.3) is 5.91 Å². The second kappa shape index (κ2) is 10.5. The third kappa shape index (κ3) is 7.24. The number of carbonyl (C=O) groups excluding carboxylic acids is 2. The van der Waals surface area contributed by atoms with Crippen molar-refractivity contribution in [3.63, 3.8) is 0 Å². The number of hydrogen-bond acceptors (Lipinski definition) is 4. The number of halogens is 1. The van der Waals surface area contributed by atoms with Gasteiger partial charge >= 0.3 is 0 Å². The number of nitrogens with two attached hydrogens (primary N) is 1. The molecule has 0 spiro atoms. The third-order valence-corrected chi connectivity index (χ3v) is 3.78. The summed E-state index contributed by atoms with van der Waals surface area (Å²) in [5, 5.41) is 5.63. The molecule has 1 aromatic carbocycles. The minimum absolute atomic E-state index is 0. The van der Waals surface area contributed by atoms with E-state index in [2.05, 4.69) is 10.6 Å². The van der Waals surface area contributed by atoms with Gasteiger partial charge in [-0.2, -0.15) is 11.8 Å². The molecule has 0 aromatic heterocycles. The van der Waals surface area contributed by atoms with Crippen LogP contribution in [0.5, 0.6) is 0 Å². The Morgan fingerprint density at radius 3 is 2.52 bits per heavy atom. The highest BCUT2D eigenvalue weighted by Crippen LogP contribution is 2.16. The van der Waals surface area contributed by atoms with E-state index in [4.69, 9.17) is 5.73 Å². The standard InChI is InChI=1S/C16H25N3O2S.ClH/c1-10(2)18-15(20)13-9-12(6-5-11(13)3)19-16(21)14(17)7-8-22-4;/h5-6,9-10,14H,7-8,17H2,1-4H3,(H,18,20)(H,19,21);1H/t14-;/m0./s1. The van der Waals surface area contributed by atoms with Crippen molar-refractivity contribution in [1.29, 1.82) is 0 Å². The molecular weight excluding hydrogens is 334 g/mol. The van der Waals surface area contributed by atoms with Crippen LogP contribution in [-0.4, -0.2) is 35.9 Å². The Balaban J connectivity index is 0.00000484. The highest BCUT2D eigenvalue weighted by molar-refractivity contribution is 7.98. The first kappa shape index (κ1) is 21.8. The van der Waals surface area contributed by atoms with E-state index in [1.807, 2.05) is 33.1 Å². The summed E-state index contributed by atoms with van der Waals surface area (Å²) in [4.78, 5) is 24.2. The van der Waals surface area contributed by atoms with Gasteiger partial charge in [-0.05, 0) is 56.9 Å². The van der Waals surface area contributed by atoms with Crippen LogP contribution in [0.15, 0.2) is 18.2 Å². The first-order chi connectivity index (χ1) is 10.3. The van der Waals surface area contributed by atoms with Crippen molar-refractivity contribution in [2.75, 3.05) is 17.3 Å². The second-order valence-electron chi connectivity index (χ2n) is 5.54. The van der Waals surface area contributed by atoms with Gasteiger partial charge in [0.15, 0.2) is 0 Å². The molecule has 1 atom stereocenters. The molecule has 0 radical (unpaired) electrons. The normalized spacial score (nSPS) is 11.6. The number of rotatable bonds is 7. The number of carbonyl (C=O) groups is 2. The van der Waals surface area contributed by atoms with Crippen molar-refractivity contribution in [2.24, 2.45) is 5.73 Å². The van der Waals surface area contributed by atoms with Crippen molar-refractivity contribution in [1.82, 2.24) is 5.32 Å². The van der Waals surface area contributed by atoms with E-state index in [-0.39, 0.29) is 30.3 Å². The molecule has 130 valence electrons. The summed E-state index contributed by atoms with van der Waals surface area (Å²) >= 11 is 1.65. The molecule has 0 heterocycles. The number of aryl methyl sites for hydroxylation is 1. The van der Waals surface area contributed by atoms with Gasteiger partial charge < -0.3 is 16.4 Å². The molecule has 7 heteroatoms. The van der Waals surface area contributed by atoms with Crippen LogP contribution in [0.2, 0.25) is 0 Å². The Kier molecular flexibility index (Phi) is 9.95. The van der Waals surface area contributed by atoms with Crippen molar-refractivity contribution < 1.29 is 9.59 Å². The minimum Gasteiger partial charge on any atom is -0.350 e. The summed E-state index contributed by atoms with van der Waals surface area (Å²) in [5.74, 6) is 0.466. The Labute approximate surface area is 148 Å². The number of anilines is 1. The smallest absolute Gasteiger partial charge is 0.251 e. The highest BCUT2D eigenvalue weighted by atomic mass is 35.5. The van der Waals surface area contributed by atoms with Crippen LogP contribution in [0.4, 0.5) is 5.69 Å². The second-order valence-corrected chi connectivity index (χ2v) is 6.52. The summed E-state index contributed by atoms with van der Waals surface area (Å²) in [6.07, 6.45) is 2.60. The van der Waals surface area contributed by atoms with E-state index in [9.17, 15) is 9.59 Å². The quantitative estimate of drug-likeness (QED) is 0.698. The third-order valence-electron chi connectivity index (χ3n) is 3.14.